The van der Waals surface area contributed by atoms with Crippen molar-refractivity contribution >= 4 is 23.2 Å². The number of unbranched alkanes of at least 4 members (excludes halogenated alkanes) is 2. The van der Waals surface area contributed by atoms with E-state index in [1.165, 1.54) is 24.8 Å². The molecule has 1 atom stereocenters. The molecule has 28 heavy (non-hydrogen) atoms. The van der Waals surface area contributed by atoms with Gasteiger partial charge in [0.05, 0.1) is 0 Å². The van der Waals surface area contributed by atoms with Gasteiger partial charge in [0, 0.05) is 23.5 Å². The van der Waals surface area contributed by atoms with E-state index in [1.54, 1.807) is 24.3 Å². The van der Waals surface area contributed by atoms with Gasteiger partial charge in [-0.1, -0.05) is 38.0 Å². The van der Waals surface area contributed by atoms with Crippen LogP contribution in [0, 0.1) is 0 Å². The van der Waals surface area contributed by atoms with E-state index in [0.29, 0.717) is 17.9 Å². The number of hydrogen-bond acceptors (Lipinski definition) is 3. The molecule has 0 unspecified atom stereocenters. The van der Waals surface area contributed by atoms with Crippen LogP contribution in [0.15, 0.2) is 48.5 Å². The van der Waals surface area contributed by atoms with Gasteiger partial charge in [0.25, 0.3) is 11.8 Å². The number of nitrogens with one attached hydrogen (secondary N) is 2. The fourth-order valence-corrected chi connectivity index (χ4v) is 3.28. The average molecular weight is 380 g/mol. The van der Waals surface area contributed by atoms with Gasteiger partial charge in [-0.15, -0.1) is 0 Å². The van der Waals surface area contributed by atoms with Crippen molar-refractivity contribution in [1.82, 2.24) is 0 Å². The lowest BCUT2D eigenvalue weighted by atomic mass is 10.1. The normalized spacial score (nSPS) is 16.0. The summed E-state index contributed by atoms with van der Waals surface area (Å²) in [7, 11) is 0. The predicted octanol–water partition coefficient (Wildman–Crippen LogP) is 4.79. The van der Waals surface area contributed by atoms with E-state index in [-0.39, 0.29) is 11.8 Å². The summed E-state index contributed by atoms with van der Waals surface area (Å²) in [6.07, 6.45) is 5.94. The average Bonchev–Trinajstić information content (AvgIpc) is 3.25. The molecule has 2 aromatic carbocycles. The lowest BCUT2D eigenvalue weighted by Gasteiger charge is -2.12. The molecule has 0 aromatic heterocycles. The van der Waals surface area contributed by atoms with Crippen LogP contribution in [-0.4, -0.2) is 24.5 Å². The van der Waals surface area contributed by atoms with Crippen molar-refractivity contribution < 1.29 is 14.3 Å². The van der Waals surface area contributed by atoms with E-state index in [4.69, 9.17) is 4.74 Å². The van der Waals surface area contributed by atoms with Crippen LogP contribution >= 0.6 is 0 Å². The number of anilines is 2. The van der Waals surface area contributed by atoms with Gasteiger partial charge in [0.2, 0.25) is 0 Å². The van der Waals surface area contributed by atoms with Crippen molar-refractivity contribution in [2.24, 2.45) is 0 Å². The molecule has 3 rings (SSSR count). The van der Waals surface area contributed by atoms with E-state index in [0.717, 1.165) is 24.9 Å². The third-order valence-electron chi connectivity index (χ3n) is 4.90. The first kappa shape index (κ1) is 20.1. The molecule has 148 valence electrons. The second-order valence-corrected chi connectivity index (χ2v) is 7.18. The van der Waals surface area contributed by atoms with E-state index in [9.17, 15) is 9.59 Å². The highest BCUT2D eigenvalue weighted by Gasteiger charge is 2.23. The summed E-state index contributed by atoms with van der Waals surface area (Å²) in [5.41, 5.74) is 3.14. The second kappa shape index (κ2) is 10.0. The van der Waals surface area contributed by atoms with Gasteiger partial charge >= 0.3 is 0 Å². The number of rotatable bonds is 8. The maximum absolute atomic E-state index is 12.6. The maximum Gasteiger partial charge on any atom is 0.255 e. The van der Waals surface area contributed by atoms with E-state index >= 15 is 0 Å². The second-order valence-electron chi connectivity index (χ2n) is 7.18. The zero-order valence-corrected chi connectivity index (χ0v) is 16.4. The van der Waals surface area contributed by atoms with Crippen LogP contribution in [-0.2, 0) is 16.0 Å². The van der Waals surface area contributed by atoms with Crippen molar-refractivity contribution in [1.29, 1.82) is 0 Å². The Balaban J connectivity index is 1.57. The number of aryl methyl sites for hydroxylation is 1. The van der Waals surface area contributed by atoms with Gasteiger partial charge in [-0.2, -0.15) is 0 Å². The lowest BCUT2D eigenvalue weighted by molar-refractivity contribution is -0.124. The highest BCUT2D eigenvalue weighted by molar-refractivity contribution is 6.05. The van der Waals surface area contributed by atoms with Crippen LogP contribution in [0.25, 0.3) is 0 Å². The zero-order valence-electron chi connectivity index (χ0n) is 16.4. The van der Waals surface area contributed by atoms with E-state index in [2.05, 4.69) is 29.7 Å². The topological polar surface area (TPSA) is 67.4 Å². The van der Waals surface area contributed by atoms with Crippen LogP contribution in [0.2, 0.25) is 0 Å². The quantitative estimate of drug-likeness (QED) is 0.647. The number of benzene rings is 2. The van der Waals surface area contributed by atoms with Gasteiger partial charge in [0.1, 0.15) is 6.10 Å². The van der Waals surface area contributed by atoms with Gasteiger partial charge in [-0.05, 0) is 61.6 Å². The summed E-state index contributed by atoms with van der Waals surface area (Å²) in [6, 6.07) is 14.9. The first-order valence-electron chi connectivity index (χ1n) is 10.1. The molecule has 0 radical (unpaired) electrons. The Morgan fingerprint density at radius 3 is 2.57 bits per heavy atom. The summed E-state index contributed by atoms with van der Waals surface area (Å²) >= 11 is 0. The minimum atomic E-state index is -0.395. The first-order valence-corrected chi connectivity index (χ1v) is 10.1. The molecular formula is C23H28N2O3. The van der Waals surface area contributed by atoms with Crippen molar-refractivity contribution in [3.8, 4) is 0 Å². The minimum Gasteiger partial charge on any atom is -0.368 e. The van der Waals surface area contributed by atoms with Crippen LogP contribution in [0.1, 0.15) is 54.9 Å². The molecule has 0 aliphatic carbocycles. The van der Waals surface area contributed by atoms with E-state index in [1.807, 2.05) is 12.1 Å². The summed E-state index contributed by atoms with van der Waals surface area (Å²) in [5, 5.41) is 5.74. The zero-order chi connectivity index (χ0) is 19.8. The third-order valence-corrected chi connectivity index (χ3v) is 4.90. The maximum atomic E-state index is 12.6. The SMILES string of the molecule is CCCCCc1ccc(NC(=O)c2cccc(NC(=O)[C@@H]3CCCO3)c2)cc1. The van der Waals surface area contributed by atoms with Crippen LogP contribution in [0.4, 0.5) is 11.4 Å². The summed E-state index contributed by atoms with van der Waals surface area (Å²) in [4.78, 5) is 24.7. The first-order chi connectivity index (χ1) is 13.7. The molecule has 0 spiro atoms. The number of hydrogen-bond donors (Lipinski definition) is 2. The molecule has 5 heteroatoms. The highest BCUT2D eigenvalue weighted by atomic mass is 16.5. The standard InChI is InChI=1S/C23H28N2O3/c1-2-3-4-7-17-11-13-19(14-12-17)24-22(26)18-8-5-9-20(16-18)25-23(27)21-10-6-15-28-21/h5,8-9,11-14,16,21H,2-4,6-7,10,15H2,1H3,(H,24,26)(H,25,27)/t21-/m0/s1. The summed E-state index contributed by atoms with van der Waals surface area (Å²) in [5.74, 6) is -0.360. The van der Waals surface area contributed by atoms with Crippen molar-refractivity contribution in [3.05, 3.63) is 59.7 Å². The molecule has 2 aromatic rings. The number of ether oxygens (including phenoxy) is 1. The van der Waals surface area contributed by atoms with Crippen molar-refractivity contribution in [2.75, 3.05) is 17.2 Å². The molecule has 5 nitrogen and oxygen atoms in total. The number of amides is 2. The molecule has 2 amide bonds. The van der Waals surface area contributed by atoms with Gasteiger partial charge in [-0.25, -0.2) is 0 Å². The van der Waals surface area contributed by atoms with Crippen LogP contribution in [0.5, 0.6) is 0 Å². The largest absolute Gasteiger partial charge is 0.368 e. The predicted molar refractivity (Wildman–Crippen MR) is 112 cm³/mol. The molecule has 1 aliphatic rings. The summed E-state index contributed by atoms with van der Waals surface area (Å²) in [6.45, 7) is 2.82. The van der Waals surface area contributed by atoms with Gasteiger partial charge in [0.15, 0.2) is 0 Å². The Bertz CT molecular complexity index is 796. The molecular weight excluding hydrogens is 352 g/mol. The highest BCUT2D eigenvalue weighted by Crippen LogP contribution is 2.18. The smallest absolute Gasteiger partial charge is 0.255 e. The summed E-state index contributed by atoms with van der Waals surface area (Å²) < 4.78 is 5.39. The molecule has 2 N–H and O–H groups in total. The number of carbonyl (C=O) groups is 2. The molecule has 1 saturated heterocycles. The molecule has 1 aliphatic heterocycles. The monoisotopic (exact) mass is 380 g/mol. The van der Waals surface area contributed by atoms with Crippen LogP contribution in [0.3, 0.4) is 0 Å². The Morgan fingerprint density at radius 2 is 1.86 bits per heavy atom. The Hall–Kier alpha value is -2.66. The fourth-order valence-electron chi connectivity index (χ4n) is 3.28. The molecule has 1 fully saturated rings. The third kappa shape index (κ3) is 5.67. The van der Waals surface area contributed by atoms with E-state index < -0.39 is 6.10 Å². The fraction of sp³-hybridized carbons (Fsp3) is 0.391. The molecule has 0 saturated carbocycles. The molecule has 0 bridgehead atoms. The minimum absolute atomic E-state index is 0.159. The van der Waals surface area contributed by atoms with Crippen molar-refractivity contribution in [3.63, 3.8) is 0 Å². The number of carbonyl (C=O) groups excluding carboxylic acids is 2. The Labute approximate surface area is 166 Å². The lowest BCUT2D eigenvalue weighted by Crippen LogP contribution is -2.27. The van der Waals surface area contributed by atoms with Crippen molar-refractivity contribution in [2.45, 2.75) is 51.6 Å². The van der Waals surface area contributed by atoms with Gasteiger partial charge < -0.3 is 15.4 Å². The van der Waals surface area contributed by atoms with Crippen LogP contribution < -0.4 is 10.6 Å². The Morgan fingerprint density at radius 1 is 1.04 bits per heavy atom. The Kier molecular flexibility index (Phi) is 7.20. The van der Waals surface area contributed by atoms with Gasteiger partial charge in [-0.3, -0.25) is 9.59 Å². The molecule has 1 heterocycles.